The van der Waals surface area contributed by atoms with Gasteiger partial charge < -0.3 is 10.7 Å². The number of nitrogens with one attached hydrogen (secondary N) is 2. The van der Waals surface area contributed by atoms with Crippen molar-refractivity contribution < 1.29 is 4.79 Å². The van der Waals surface area contributed by atoms with Crippen LogP contribution in [0.4, 0.5) is 11.4 Å². The van der Waals surface area contributed by atoms with Crippen molar-refractivity contribution in [2.75, 3.05) is 10.7 Å². The highest BCUT2D eigenvalue weighted by molar-refractivity contribution is 9.10. The number of nitrogens with zero attached hydrogens (tertiary/aromatic N) is 1. The quantitative estimate of drug-likeness (QED) is 0.592. The van der Waals surface area contributed by atoms with Crippen molar-refractivity contribution in [3.05, 3.63) is 51.7 Å². The monoisotopic (exact) mass is 340 g/mol. The maximum absolute atomic E-state index is 12.1. The fraction of sp³-hybridized carbons (Fsp3) is 0. The van der Waals surface area contributed by atoms with E-state index in [1.165, 1.54) is 6.20 Å². The summed E-state index contributed by atoms with van der Waals surface area (Å²) in [5.74, 6) is 5.02. The highest BCUT2D eigenvalue weighted by Gasteiger charge is 2.13. The SMILES string of the molecule is NNc1ccncc1C(=O)Nc1cccc(Cl)c1Br. The Morgan fingerprint density at radius 2 is 2.11 bits per heavy atom. The number of hydrogen-bond donors (Lipinski definition) is 3. The first-order valence-corrected chi connectivity index (χ1v) is 6.46. The Labute approximate surface area is 123 Å². The lowest BCUT2D eigenvalue weighted by atomic mass is 10.2. The minimum Gasteiger partial charge on any atom is -0.323 e. The Morgan fingerprint density at radius 1 is 1.32 bits per heavy atom. The minimum absolute atomic E-state index is 0.330. The van der Waals surface area contributed by atoms with Crippen LogP contribution in [0.5, 0.6) is 0 Å². The van der Waals surface area contributed by atoms with Crippen LogP contribution < -0.4 is 16.6 Å². The highest BCUT2D eigenvalue weighted by atomic mass is 79.9. The summed E-state index contributed by atoms with van der Waals surface area (Å²) >= 11 is 9.27. The molecule has 0 atom stereocenters. The van der Waals surface area contributed by atoms with Gasteiger partial charge in [0, 0.05) is 12.4 Å². The summed E-state index contributed by atoms with van der Waals surface area (Å²) in [4.78, 5) is 16.0. The van der Waals surface area contributed by atoms with Crippen molar-refractivity contribution in [1.82, 2.24) is 4.98 Å². The molecule has 0 aliphatic heterocycles. The van der Waals surface area contributed by atoms with Crippen LogP contribution in [0.3, 0.4) is 0 Å². The molecule has 0 aliphatic rings. The maximum Gasteiger partial charge on any atom is 0.259 e. The van der Waals surface area contributed by atoms with Crippen LogP contribution in [-0.4, -0.2) is 10.9 Å². The molecule has 1 heterocycles. The summed E-state index contributed by atoms with van der Waals surface area (Å²) in [7, 11) is 0. The molecule has 0 radical (unpaired) electrons. The lowest BCUT2D eigenvalue weighted by Gasteiger charge is -2.10. The van der Waals surface area contributed by atoms with Gasteiger partial charge in [0.25, 0.3) is 5.91 Å². The topological polar surface area (TPSA) is 80.0 Å². The minimum atomic E-state index is -0.330. The van der Waals surface area contributed by atoms with Gasteiger partial charge in [0.2, 0.25) is 0 Å². The Balaban J connectivity index is 2.28. The smallest absolute Gasteiger partial charge is 0.259 e. The Kier molecular flexibility index (Phi) is 4.36. The highest BCUT2D eigenvalue weighted by Crippen LogP contribution is 2.30. The van der Waals surface area contributed by atoms with E-state index >= 15 is 0 Å². The fourth-order valence-corrected chi connectivity index (χ4v) is 2.03. The Morgan fingerprint density at radius 3 is 2.84 bits per heavy atom. The Hall–Kier alpha value is -1.63. The largest absolute Gasteiger partial charge is 0.323 e. The van der Waals surface area contributed by atoms with Gasteiger partial charge in [-0.3, -0.25) is 15.6 Å². The molecule has 2 aromatic rings. The van der Waals surface area contributed by atoms with Crippen molar-refractivity contribution in [1.29, 1.82) is 0 Å². The predicted molar refractivity (Wildman–Crippen MR) is 79.2 cm³/mol. The van der Waals surface area contributed by atoms with Crippen LogP contribution in [0.2, 0.25) is 5.02 Å². The molecule has 0 bridgehead atoms. The third-order valence-electron chi connectivity index (χ3n) is 2.42. The van der Waals surface area contributed by atoms with Gasteiger partial charge in [-0.1, -0.05) is 17.7 Å². The molecule has 0 saturated heterocycles. The van der Waals surface area contributed by atoms with Crippen LogP contribution in [0.1, 0.15) is 10.4 Å². The van der Waals surface area contributed by atoms with E-state index in [2.05, 4.69) is 31.7 Å². The van der Waals surface area contributed by atoms with E-state index in [1.54, 1.807) is 30.5 Å². The number of rotatable bonds is 3. The zero-order valence-corrected chi connectivity index (χ0v) is 12.0. The number of anilines is 2. The molecule has 0 aliphatic carbocycles. The number of amides is 1. The zero-order valence-electron chi connectivity index (χ0n) is 9.65. The van der Waals surface area contributed by atoms with E-state index in [0.29, 0.717) is 26.4 Å². The summed E-state index contributed by atoms with van der Waals surface area (Å²) in [6.07, 6.45) is 2.98. The summed E-state index contributed by atoms with van der Waals surface area (Å²) in [5, 5.41) is 3.25. The van der Waals surface area contributed by atoms with Crippen LogP contribution in [0.25, 0.3) is 0 Å². The van der Waals surface area contributed by atoms with Gasteiger partial charge >= 0.3 is 0 Å². The van der Waals surface area contributed by atoms with Gasteiger partial charge in [-0.25, -0.2) is 0 Å². The number of pyridine rings is 1. The molecular weight excluding hydrogens is 332 g/mol. The fourth-order valence-electron chi connectivity index (χ4n) is 1.49. The molecule has 1 aromatic carbocycles. The van der Waals surface area contributed by atoms with Crippen molar-refractivity contribution in [3.63, 3.8) is 0 Å². The van der Waals surface area contributed by atoms with Crippen molar-refractivity contribution >= 4 is 44.8 Å². The predicted octanol–water partition coefficient (Wildman–Crippen LogP) is 3.04. The van der Waals surface area contributed by atoms with Crippen molar-refractivity contribution in [2.24, 2.45) is 5.84 Å². The van der Waals surface area contributed by atoms with Gasteiger partial charge in [-0.2, -0.15) is 0 Å². The first-order chi connectivity index (χ1) is 9.13. The molecule has 7 heteroatoms. The first kappa shape index (κ1) is 13.8. The van der Waals surface area contributed by atoms with Crippen LogP contribution in [-0.2, 0) is 0 Å². The van der Waals surface area contributed by atoms with Crippen LogP contribution in [0, 0.1) is 0 Å². The van der Waals surface area contributed by atoms with Crippen molar-refractivity contribution in [3.8, 4) is 0 Å². The standard InChI is InChI=1S/C12H10BrClN4O/c13-11-8(14)2-1-3-10(11)17-12(19)7-6-16-5-4-9(7)18-15/h1-6H,15H2,(H,16,18)(H,17,19). The average Bonchev–Trinajstić information content (AvgIpc) is 2.43. The zero-order chi connectivity index (χ0) is 13.8. The van der Waals surface area contributed by atoms with E-state index in [9.17, 15) is 4.79 Å². The van der Waals surface area contributed by atoms with Crippen LogP contribution >= 0.6 is 27.5 Å². The molecule has 2 rings (SSSR count). The van der Waals surface area contributed by atoms with E-state index < -0.39 is 0 Å². The summed E-state index contributed by atoms with van der Waals surface area (Å²) in [6.45, 7) is 0. The molecule has 5 nitrogen and oxygen atoms in total. The lowest BCUT2D eigenvalue weighted by Crippen LogP contribution is -2.17. The number of benzene rings is 1. The number of nitrogens with two attached hydrogens (primary N) is 1. The molecule has 98 valence electrons. The molecule has 1 aromatic heterocycles. The number of hydrogen-bond acceptors (Lipinski definition) is 4. The van der Waals surface area contributed by atoms with E-state index in [-0.39, 0.29) is 5.91 Å². The number of aromatic nitrogens is 1. The van der Waals surface area contributed by atoms with Crippen LogP contribution in [0.15, 0.2) is 41.1 Å². The molecule has 19 heavy (non-hydrogen) atoms. The van der Waals surface area contributed by atoms with E-state index in [0.717, 1.165) is 0 Å². The molecule has 0 fully saturated rings. The number of nitrogen functional groups attached to an aromatic ring is 1. The Bertz CT molecular complexity index is 620. The summed E-state index contributed by atoms with van der Waals surface area (Å²) < 4.78 is 0.621. The lowest BCUT2D eigenvalue weighted by molar-refractivity contribution is 0.102. The maximum atomic E-state index is 12.1. The first-order valence-electron chi connectivity index (χ1n) is 5.29. The van der Waals surface area contributed by atoms with Gasteiger partial charge in [0.15, 0.2) is 0 Å². The summed E-state index contributed by atoms with van der Waals surface area (Å²) in [6, 6.07) is 6.81. The second-order valence-corrected chi connectivity index (χ2v) is 4.82. The van der Waals surface area contributed by atoms with E-state index in [1.807, 2.05) is 0 Å². The third-order valence-corrected chi connectivity index (χ3v) is 3.82. The number of halogens is 2. The molecule has 0 unspecified atom stereocenters. The molecule has 0 saturated carbocycles. The number of carbonyl (C=O) groups is 1. The van der Waals surface area contributed by atoms with Gasteiger partial charge in [0.1, 0.15) is 0 Å². The molecule has 1 amide bonds. The third kappa shape index (κ3) is 3.04. The van der Waals surface area contributed by atoms with Gasteiger partial charge in [-0.15, -0.1) is 0 Å². The average molecular weight is 342 g/mol. The second-order valence-electron chi connectivity index (χ2n) is 3.62. The summed E-state index contributed by atoms with van der Waals surface area (Å²) in [5.41, 5.74) is 3.86. The normalized spacial score (nSPS) is 10.1. The molecule has 0 spiro atoms. The molecule has 4 N–H and O–H groups in total. The second kappa shape index (κ2) is 6.01. The van der Waals surface area contributed by atoms with Gasteiger partial charge in [0.05, 0.1) is 26.4 Å². The van der Waals surface area contributed by atoms with E-state index in [4.69, 9.17) is 17.4 Å². The number of carbonyl (C=O) groups excluding carboxylic acids is 1. The van der Waals surface area contributed by atoms with Gasteiger partial charge in [-0.05, 0) is 34.1 Å². The molecular formula is C12H10BrClN4O. The number of hydrazine groups is 1. The van der Waals surface area contributed by atoms with Crippen molar-refractivity contribution in [2.45, 2.75) is 0 Å².